The number of benzene rings is 1. The van der Waals surface area contributed by atoms with Crippen molar-refractivity contribution in [1.29, 1.82) is 0 Å². The second-order valence-electron chi connectivity index (χ2n) is 6.51. The second kappa shape index (κ2) is 6.21. The van der Waals surface area contributed by atoms with Gasteiger partial charge in [0.1, 0.15) is 0 Å². The van der Waals surface area contributed by atoms with Crippen molar-refractivity contribution in [2.24, 2.45) is 5.92 Å². The lowest BCUT2D eigenvalue weighted by atomic mass is 9.98. The van der Waals surface area contributed by atoms with Crippen LogP contribution in [-0.2, 0) is 13.6 Å². The zero-order valence-corrected chi connectivity index (χ0v) is 15.4. The maximum absolute atomic E-state index is 13.3. The van der Waals surface area contributed by atoms with Crippen molar-refractivity contribution in [3.05, 3.63) is 46.9 Å². The van der Waals surface area contributed by atoms with Crippen molar-refractivity contribution in [2.75, 3.05) is 6.61 Å². The maximum Gasteiger partial charge on any atom is 0.353 e. The summed E-state index contributed by atoms with van der Waals surface area (Å²) in [6.45, 7) is 10.9. The first-order chi connectivity index (χ1) is 9.78. The average molecular weight is 324 g/mol. The van der Waals surface area contributed by atoms with Crippen molar-refractivity contribution in [1.82, 2.24) is 0 Å². The van der Waals surface area contributed by atoms with Crippen LogP contribution < -0.4 is 0 Å². The molecule has 0 aromatic heterocycles. The molecule has 0 amide bonds. The Bertz CT molecular complexity index is 563. The third-order valence-electron chi connectivity index (χ3n) is 3.64. The lowest BCUT2D eigenvalue weighted by Gasteiger charge is -2.37. The molecule has 1 aliphatic rings. The first-order valence-electron chi connectivity index (χ1n) is 7.48. The summed E-state index contributed by atoms with van der Waals surface area (Å²) in [6.07, 6.45) is 1.94. The molecule has 0 radical (unpaired) electrons. The van der Waals surface area contributed by atoms with Crippen molar-refractivity contribution < 1.29 is 13.6 Å². The van der Waals surface area contributed by atoms with Crippen LogP contribution >= 0.6 is 7.60 Å². The minimum Gasteiger partial charge on any atom is -0.306 e. The molecule has 0 saturated heterocycles. The van der Waals surface area contributed by atoms with Crippen LogP contribution in [-0.4, -0.2) is 14.7 Å². The summed E-state index contributed by atoms with van der Waals surface area (Å²) in [5.41, 5.74) is 1.05. The quantitative estimate of drug-likeness (QED) is 0.550. The number of rotatable bonds is 4. The van der Waals surface area contributed by atoms with Gasteiger partial charge in [-0.25, -0.2) is 0 Å². The molecule has 3 nitrogen and oxygen atoms in total. The summed E-state index contributed by atoms with van der Waals surface area (Å²) >= 11 is 0. The molecule has 1 aromatic rings. The largest absolute Gasteiger partial charge is 0.353 e. The molecule has 1 aliphatic heterocycles. The van der Waals surface area contributed by atoms with Gasteiger partial charge in [0, 0.05) is 10.9 Å². The summed E-state index contributed by atoms with van der Waals surface area (Å²) in [6, 6.07) is 9.97. The SMILES string of the molecule is CCOP1(=O)O[C@H](c2ccccc2)[C@H](C)C=C1[Si](C)(C)C. The molecule has 21 heavy (non-hydrogen) atoms. The van der Waals surface area contributed by atoms with Crippen LogP contribution in [0.15, 0.2) is 41.3 Å². The highest BCUT2D eigenvalue weighted by molar-refractivity contribution is 7.62. The molecule has 2 rings (SSSR count). The van der Waals surface area contributed by atoms with Gasteiger partial charge in [0.05, 0.1) is 20.8 Å². The molecule has 5 heteroatoms. The summed E-state index contributed by atoms with van der Waals surface area (Å²) < 4.78 is 24.9. The van der Waals surface area contributed by atoms with Gasteiger partial charge in [-0.15, -0.1) is 0 Å². The monoisotopic (exact) mass is 324 g/mol. The Morgan fingerprint density at radius 3 is 2.38 bits per heavy atom. The predicted octanol–water partition coefficient (Wildman–Crippen LogP) is 5.38. The van der Waals surface area contributed by atoms with Gasteiger partial charge in [-0.2, -0.15) is 0 Å². The van der Waals surface area contributed by atoms with Gasteiger partial charge in [0.25, 0.3) is 0 Å². The highest BCUT2D eigenvalue weighted by Crippen LogP contribution is 2.65. The highest BCUT2D eigenvalue weighted by atomic mass is 31.2. The van der Waals surface area contributed by atoms with Gasteiger partial charge in [0.15, 0.2) is 0 Å². The normalized spacial score (nSPS) is 30.0. The van der Waals surface area contributed by atoms with E-state index in [1.54, 1.807) is 0 Å². The topological polar surface area (TPSA) is 35.5 Å². The lowest BCUT2D eigenvalue weighted by Crippen LogP contribution is -2.30. The molecule has 0 aliphatic carbocycles. The Labute approximate surface area is 128 Å². The molecule has 0 saturated carbocycles. The third-order valence-corrected chi connectivity index (χ3v) is 10.0. The fraction of sp³-hybridized carbons (Fsp3) is 0.500. The van der Waals surface area contributed by atoms with E-state index < -0.39 is 15.7 Å². The molecular formula is C16H25O3PSi. The minimum absolute atomic E-state index is 0.191. The lowest BCUT2D eigenvalue weighted by molar-refractivity contribution is 0.123. The first-order valence-corrected chi connectivity index (χ1v) is 12.5. The van der Waals surface area contributed by atoms with Crippen molar-refractivity contribution in [3.8, 4) is 0 Å². The average Bonchev–Trinajstić information content (AvgIpc) is 2.41. The van der Waals surface area contributed by atoms with E-state index in [0.29, 0.717) is 6.61 Å². The van der Waals surface area contributed by atoms with Crippen molar-refractivity contribution in [2.45, 2.75) is 39.6 Å². The Morgan fingerprint density at radius 1 is 1.24 bits per heavy atom. The van der Waals surface area contributed by atoms with E-state index in [4.69, 9.17) is 9.05 Å². The summed E-state index contributed by atoms with van der Waals surface area (Å²) in [4.78, 5) is 0.927. The van der Waals surface area contributed by atoms with Gasteiger partial charge >= 0.3 is 7.60 Å². The van der Waals surface area contributed by atoms with Gasteiger partial charge in [0.2, 0.25) is 0 Å². The second-order valence-corrected chi connectivity index (χ2v) is 13.9. The van der Waals surface area contributed by atoms with E-state index in [1.165, 1.54) is 0 Å². The summed E-state index contributed by atoms with van der Waals surface area (Å²) in [5, 5.41) is 0. The van der Waals surface area contributed by atoms with Crippen LogP contribution in [0, 0.1) is 5.92 Å². The predicted molar refractivity (Wildman–Crippen MR) is 90.1 cm³/mol. The van der Waals surface area contributed by atoms with E-state index in [2.05, 4.69) is 32.6 Å². The van der Waals surface area contributed by atoms with Crippen LogP contribution in [0.25, 0.3) is 0 Å². The smallest absolute Gasteiger partial charge is 0.306 e. The molecule has 0 N–H and O–H groups in total. The third kappa shape index (κ3) is 3.57. The minimum atomic E-state index is -3.18. The Kier molecular flexibility index (Phi) is 4.94. The molecule has 1 heterocycles. The zero-order valence-electron chi connectivity index (χ0n) is 13.5. The van der Waals surface area contributed by atoms with E-state index in [-0.39, 0.29) is 12.0 Å². The van der Waals surface area contributed by atoms with Crippen LogP contribution in [0.2, 0.25) is 19.6 Å². The fourth-order valence-corrected chi connectivity index (χ4v) is 8.75. The Hall–Kier alpha value is -0.673. The summed E-state index contributed by atoms with van der Waals surface area (Å²) in [5.74, 6) is 0.191. The molecule has 0 spiro atoms. The molecule has 1 unspecified atom stereocenters. The van der Waals surface area contributed by atoms with Gasteiger partial charge in [-0.05, 0) is 12.5 Å². The Morgan fingerprint density at radius 2 is 1.86 bits per heavy atom. The molecular weight excluding hydrogens is 299 g/mol. The van der Waals surface area contributed by atoms with Crippen molar-refractivity contribution >= 4 is 15.7 Å². The molecule has 1 aromatic carbocycles. The zero-order chi connectivity index (χ0) is 15.7. The standard InChI is InChI=1S/C16H25O3PSi/c1-6-18-20(17)15(21(3,4)5)12-13(2)16(19-20)14-10-8-7-9-11-14/h7-13,16H,6H2,1-5H3/t13-,16+,20?/m1/s1. The van der Waals surface area contributed by atoms with Crippen LogP contribution in [0.3, 0.4) is 0 Å². The van der Waals surface area contributed by atoms with E-state index in [9.17, 15) is 4.57 Å². The van der Waals surface area contributed by atoms with E-state index in [1.807, 2.05) is 37.3 Å². The molecule has 116 valence electrons. The Balaban J connectivity index is 2.45. The van der Waals surface area contributed by atoms with Gasteiger partial charge in [-0.3, -0.25) is 9.09 Å². The fourth-order valence-electron chi connectivity index (χ4n) is 2.67. The highest BCUT2D eigenvalue weighted by Gasteiger charge is 2.45. The number of hydrogen-bond acceptors (Lipinski definition) is 3. The van der Waals surface area contributed by atoms with E-state index in [0.717, 1.165) is 10.5 Å². The van der Waals surface area contributed by atoms with Gasteiger partial charge in [-0.1, -0.05) is 63.0 Å². The summed E-state index contributed by atoms with van der Waals surface area (Å²) in [7, 11) is -4.93. The molecule has 3 atom stereocenters. The molecule has 0 fully saturated rings. The van der Waals surface area contributed by atoms with Crippen molar-refractivity contribution in [3.63, 3.8) is 0 Å². The molecule has 0 bridgehead atoms. The van der Waals surface area contributed by atoms with Crippen LogP contribution in [0.5, 0.6) is 0 Å². The van der Waals surface area contributed by atoms with Gasteiger partial charge < -0.3 is 4.52 Å². The van der Waals surface area contributed by atoms with E-state index >= 15 is 0 Å². The van der Waals surface area contributed by atoms with Crippen LogP contribution in [0.1, 0.15) is 25.5 Å². The number of hydrogen-bond donors (Lipinski definition) is 0. The first kappa shape index (κ1) is 16.7. The maximum atomic E-state index is 13.3. The van der Waals surface area contributed by atoms with Crippen LogP contribution in [0.4, 0.5) is 0 Å².